The highest BCUT2D eigenvalue weighted by atomic mass is 16.1. The Hall–Kier alpha value is -2.29. The zero-order valence-electron chi connectivity index (χ0n) is 9.08. The molecule has 0 unspecified atom stereocenters. The van der Waals surface area contributed by atoms with Crippen LogP contribution in [0.1, 0.15) is 16.8 Å². The van der Waals surface area contributed by atoms with Crippen LogP contribution in [-0.2, 0) is 0 Å². The van der Waals surface area contributed by atoms with Gasteiger partial charge in [0.25, 0.3) is 0 Å². The van der Waals surface area contributed by atoms with Crippen molar-refractivity contribution in [2.45, 2.75) is 6.42 Å². The van der Waals surface area contributed by atoms with Crippen molar-refractivity contribution >= 4 is 34.5 Å². The van der Waals surface area contributed by atoms with Gasteiger partial charge in [0.05, 0.1) is 11.0 Å². The summed E-state index contributed by atoms with van der Waals surface area (Å²) in [5, 5.41) is 6.53. The number of carbonyl (C=O) groups excluding carboxylic acids is 1. The zero-order chi connectivity index (χ0) is 11.4. The molecular formula is C14H10N2O. The molecule has 17 heavy (non-hydrogen) atoms. The molecule has 2 heterocycles. The van der Waals surface area contributed by atoms with Gasteiger partial charge in [0.2, 0.25) is 0 Å². The molecule has 3 heteroatoms. The number of allylic oxidation sites excluding steroid dienone is 1. The lowest BCUT2D eigenvalue weighted by molar-refractivity contribution is 0.100. The van der Waals surface area contributed by atoms with Crippen LogP contribution < -0.4 is 15.9 Å². The van der Waals surface area contributed by atoms with Crippen LogP contribution in [0.3, 0.4) is 0 Å². The van der Waals surface area contributed by atoms with E-state index in [0.717, 1.165) is 32.7 Å². The Morgan fingerprint density at radius 2 is 2.18 bits per heavy atom. The van der Waals surface area contributed by atoms with Crippen molar-refractivity contribution in [3.63, 3.8) is 0 Å². The number of Topliss-reactive ketones (excluding diaryl/α,β-unsaturated/α-hetero) is 1. The smallest absolute Gasteiger partial charge is 0.167 e. The first-order chi connectivity index (χ1) is 8.34. The van der Waals surface area contributed by atoms with E-state index in [0.29, 0.717) is 6.42 Å². The van der Waals surface area contributed by atoms with E-state index >= 15 is 0 Å². The van der Waals surface area contributed by atoms with E-state index in [1.54, 1.807) is 0 Å². The summed E-state index contributed by atoms with van der Waals surface area (Å²) in [5.74, 6) is 0.215. The van der Waals surface area contributed by atoms with Gasteiger partial charge in [0.15, 0.2) is 5.78 Å². The van der Waals surface area contributed by atoms with Gasteiger partial charge in [-0.25, -0.2) is 0 Å². The van der Waals surface area contributed by atoms with Crippen LogP contribution in [0.25, 0.3) is 23.1 Å². The van der Waals surface area contributed by atoms with Crippen LogP contribution in [0.5, 0.6) is 0 Å². The largest absolute Gasteiger partial charge is 0.359 e. The van der Waals surface area contributed by atoms with E-state index in [1.165, 1.54) is 0 Å². The van der Waals surface area contributed by atoms with Crippen molar-refractivity contribution in [1.29, 1.82) is 0 Å². The number of carbonyl (C=O) groups is 1. The number of ketones is 1. The highest BCUT2D eigenvalue weighted by molar-refractivity contribution is 6.08. The fourth-order valence-corrected chi connectivity index (χ4v) is 2.65. The number of fused-ring (bicyclic) bond motifs is 5. The molecule has 0 amide bonds. The average Bonchev–Trinajstić information content (AvgIpc) is 2.90. The summed E-state index contributed by atoms with van der Waals surface area (Å²) >= 11 is 0. The molecule has 0 saturated carbocycles. The Bertz CT molecular complexity index is 809. The molecule has 0 atom stereocenters. The van der Waals surface area contributed by atoms with Gasteiger partial charge in [-0.3, -0.25) is 4.79 Å². The highest BCUT2D eigenvalue weighted by Crippen LogP contribution is 2.20. The first kappa shape index (κ1) is 8.82. The van der Waals surface area contributed by atoms with E-state index < -0.39 is 0 Å². The molecule has 2 aromatic rings. The van der Waals surface area contributed by atoms with Crippen LogP contribution in [0.15, 0.2) is 24.4 Å². The monoisotopic (exact) mass is 222 g/mol. The molecule has 1 aliphatic carbocycles. The molecule has 1 aromatic carbocycles. The molecule has 1 aromatic heterocycles. The first-order valence-electron chi connectivity index (χ1n) is 5.66. The Morgan fingerprint density at radius 1 is 1.24 bits per heavy atom. The number of aromatic amines is 1. The number of benzene rings is 1. The van der Waals surface area contributed by atoms with Gasteiger partial charge in [-0.15, -0.1) is 0 Å². The third-order valence-corrected chi connectivity index (χ3v) is 3.41. The topological polar surface area (TPSA) is 44.9 Å². The molecule has 0 saturated heterocycles. The van der Waals surface area contributed by atoms with Gasteiger partial charge >= 0.3 is 0 Å². The Kier molecular flexibility index (Phi) is 1.50. The normalized spacial score (nSPS) is 16.1. The molecule has 0 fully saturated rings. The van der Waals surface area contributed by atoms with E-state index in [4.69, 9.17) is 0 Å². The lowest BCUT2D eigenvalue weighted by Crippen LogP contribution is -2.12. The average molecular weight is 222 g/mol. The van der Waals surface area contributed by atoms with E-state index in [9.17, 15) is 4.79 Å². The number of hydrogen-bond acceptors (Lipinski definition) is 2. The summed E-state index contributed by atoms with van der Waals surface area (Å²) in [6, 6.07) is 3.90. The van der Waals surface area contributed by atoms with Gasteiger partial charge in [-0.2, -0.15) is 0 Å². The lowest BCUT2D eigenvalue weighted by atomic mass is 10.1. The SMILES string of the molecule is O=C1CC=c2c1ccc1[nH]c3c(c21)NC=CC=3. The Morgan fingerprint density at radius 3 is 3.12 bits per heavy atom. The molecule has 1 aliphatic heterocycles. The van der Waals surface area contributed by atoms with Gasteiger partial charge in [-0.1, -0.05) is 6.08 Å². The number of hydrogen-bond donors (Lipinski definition) is 2. The highest BCUT2D eigenvalue weighted by Gasteiger charge is 2.18. The Balaban J connectivity index is 2.26. The van der Waals surface area contributed by atoms with Crippen molar-refractivity contribution in [3.05, 3.63) is 40.5 Å². The fourth-order valence-electron chi connectivity index (χ4n) is 2.65. The standard InChI is InChI=1S/C14H10N2O/c17-12-6-4-9-8(12)3-5-10-13(9)14-11(16-10)2-1-7-15-14/h1-5,7,15-16H,6H2. The molecule has 0 bridgehead atoms. The van der Waals surface area contributed by atoms with E-state index in [1.807, 2.05) is 36.6 Å². The molecule has 4 rings (SSSR count). The minimum atomic E-state index is 0.215. The number of H-pyrrole nitrogens is 1. The summed E-state index contributed by atoms with van der Waals surface area (Å²) in [5.41, 5.74) is 2.99. The maximum Gasteiger partial charge on any atom is 0.167 e. The summed E-state index contributed by atoms with van der Waals surface area (Å²) in [6.45, 7) is 0. The van der Waals surface area contributed by atoms with Crippen LogP contribution in [-0.4, -0.2) is 10.8 Å². The second kappa shape index (κ2) is 2.88. The van der Waals surface area contributed by atoms with E-state index in [2.05, 4.69) is 10.3 Å². The van der Waals surface area contributed by atoms with Gasteiger partial charge < -0.3 is 10.3 Å². The summed E-state index contributed by atoms with van der Waals surface area (Å²) in [4.78, 5) is 15.1. The second-order valence-corrected chi connectivity index (χ2v) is 4.36. The molecule has 0 radical (unpaired) electrons. The Labute approximate surface area is 97.1 Å². The third kappa shape index (κ3) is 1.03. The second-order valence-electron chi connectivity index (χ2n) is 4.36. The number of nitrogens with one attached hydrogen (secondary N) is 2. The predicted molar refractivity (Wildman–Crippen MR) is 68.2 cm³/mol. The van der Waals surface area contributed by atoms with E-state index in [-0.39, 0.29) is 5.78 Å². The van der Waals surface area contributed by atoms with Gasteiger partial charge in [0.1, 0.15) is 0 Å². The van der Waals surface area contributed by atoms with Gasteiger partial charge in [-0.05, 0) is 29.5 Å². The van der Waals surface area contributed by atoms with Crippen LogP contribution in [0.2, 0.25) is 0 Å². The maximum absolute atomic E-state index is 11.7. The van der Waals surface area contributed by atoms with Crippen molar-refractivity contribution in [3.8, 4) is 0 Å². The fraction of sp³-hybridized carbons (Fsp3) is 0.0714. The van der Waals surface area contributed by atoms with Crippen LogP contribution in [0.4, 0.5) is 5.69 Å². The lowest BCUT2D eigenvalue weighted by Gasteiger charge is -2.02. The number of aromatic nitrogens is 1. The quantitative estimate of drug-likeness (QED) is 0.704. The van der Waals surface area contributed by atoms with Crippen molar-refractivity contribution in [2.24, 2.45) is 0 Å². The van der Waals surface area contributed by atoms with Crippen LogP contribution in [0, 0.1) is 0 Å². The van der Waals surface area contributed by atoms with Crippen molar-refractivity contribution in [1.82, 2.24) is 4.98 Å². The minimum Gasteiger partial charge on any atom is -0.359 e. The van der Waals surface area contributed by atoms with Crippen molar-refractivity contribution in [2.75, 3.05) is 5.32 Å². The number of anilines is 1. The molecule has 3 nitrogen and oxygen atoms in total. The molecule has 2 N–H and O–H groups in total. The summed E-state index contributed by atoms with van der Waals surface area (Å²) < 4.78 is 0. The summed E-state index contributed by atoms with van der Waals surface area (Å²) in [6.07, 6.45) is 8.45. The van der Waals surface area contributed by atoms with Crippen LogP contribution >= 0.6 is 0 Å². The molecular weight excluding hydrogens is 212 g/mol. The maximum atomic E-state index is 11.7. The van der Waals surface area contributed by atoms with Gasteiger partial charge in [0, 0.05) is 29.1 Å². The number of rotatable bonds is 0. The molecule has 82 valence electrons. The third-order valence-electron chi connectivity index (χ3n) is 3.41. The summed E-state index contributed by atoms with van der Waals surface area (Å²) in [7, 11) is 0. The minimum absolute atomic E-state index is 0.215. The first-order valence-corrected chi connectivity index (χ1v) is 5.66. The molecule has 2 aliphatic rings. The molecule has 0 spiro atoms. The zero-order valence-corrected chi connectivity index (χ0v) is 9.08. The predicted octanol–water partition coefficient (Wildman–Crippen LogP) is 1.25. The van der Waals surface area contributed by atoms with Crippen molar-refractivity contribution < 1.29 is 4.79 Å².